The van der Waals surface area contributed by atoms with Gasteiger partial charge in [-0.2, -0.15) is 0 Å². The van der Waals surface area contributed by atoms with Crippen LogP contribution in [0.4, 0.5) is 0 Å². The van der Waals surface area contributed by atoms with E-state index in [1.807, 2.05) is 13.8 Å². The quantitative estimate of drug-likeness (QED) is 0.728. The van der Waals surface area contributed by atoms with Crippen LogP contribution in [0.1, 0.15) is 46.0 Å². The summed E-state index contributed by atoms with van der Waals surface area (Å²) in [7, 11) is 0. The second kappa shape index (κ2) is 6.11. The van der Waals surface area contributed by atoms with Crippen molar-refractivity contribution in [1.82, 2.24) is 5.32 Å². The molecular formula is C12H24N2O. The van der Waals surface area contributed by atoms with E-state index >= 15 is 0 Å². The van der Waals surface area contributed by atoms with Gasteiger partial charge >= 0.3 is 0 Å². The van der Waals surface area contributed by atoms with E-state index in [0.717, 1.165) is 12.3 Å². The molecule has 0 bridgehead atoms. The molecule has 1 saturated carbocycles. The van der Waals surface area contributed by atoms with Crippen LogP contribution >= 0.6 is 0 Å². The van der Waals surface area contributed by atoms with E-state index in [2.05, 4.69) is 5.32 Å². The summed E-state index contributed by atoms with van der Waals surface area (Å²) in [6, 6.07) is 0.100. The van der Waals surface area contributed by atoms with E-state index in [-0.39, 0.29) is 17.9 Å². The molecule has 1 aliphatic rings. The summed E-state index contributed by atoms with van der Waals surface area (Å²) in [5.41, 5.74) is 5.47. The first-order valence-electron chi connectivity index (χ1n) is 6.14. The van der Waals surface area contributed by atoms with Crippen molar-refractivity contribution in [2.75, 3.05) is 6.54 Å². The highest BCUT2D eigenvalue weighted by Gasteiger charge is 2.22. The van der Waals surface area contributed by atoms with E-state index in [4.69, 9.17) is 5.73 Å². The Balaban J connectivity index is 2.25. The molecular weight excluding hydrogens is 188 g/mol. The van der Waals surface area contributed by atoms with Crippen LogP contribution in [0.5, 0.6) is 0 Å². The molecule has 1 unspecified atom stereocenters. The Morgan fingerprint density at radius 2 is 2.00 bits per heavy atom. The van der Waals surface area contributed by atoms with Crippen molar-refractivity contribution in [3.8, 4) is 0 Å². The first-order valence-corrected chi connectivity index (χ1v) is 6.14. The normalized spacial score (nSPS) is 21.3. The Morgan fingerprint density at radius 3 is 2.53 bits per heavy atom. The highest BCUT2D eigenvalue weighted by molar-refractivity contribution is 5.78. The van der Waals surface area contributed by atoms with Gasteiger partial charge in [0.25, 0.3) is 0 Å². The third-order valence-corrected chi connectivity index (χ3v) is 3.35. The van der Waals surface area contributed by atoms with Crippen molar-refractivity contribution in [2.24, 2.45) is 17.6 Å². The number of hydrogen-bond donors (Lipinski definition) is 2. The van der Waals surface area contributed by atoms with Crippen LogP contribution < -0.4 is 11.1 Å². The summed E-state index contributed by atoms with van der Waals surface area (Å²) in [6.07, 6.45) is 6.35. The maximum atomic E-state index is 11.7. The number of amides is 1. The maximum Gasteiger partial charge on any atom is 0.223 e. The van der Waals surface area contributed by atoms with Crippen LogP contribution in [-0.2, 0) is 4.79 Å². The van der Waals surface area contributed by atoms with E-state index < -0.39 is 0 Å². The van der Waals surface area contributed by atoms with Gasteiger partial charge in [-0.3, -0.25) is 4.79 Å². The Labute approximate surface area is 92.8 Å². The molecule has 88 valence electrons. The van der Waals surface area contributed by atoms with Crippen molar-refractivity contribution >= 4 is 5.91 Å². The van der Waals surface area contributed by atoms with Gasteiger partial charge in [-0.05, 0) is 19.3 Å². The lowest BCUT2D eigenvalue weighted by molar-refractivity contribution is -0.125. The predicted molar refractivity (Wildman–Crippen MR) is 62.4 cm³/mol. The van der Waals surface area contributed by atoms with Gasteiger partial charge in [-0.15, -0.1) is 0 Å². The summed E-state index contributed by atoms with van der Waals surface area (Å²) in [4.78, 5) is 11.7. The zero-order chi connectivity index (χ0) is 11.3. The molecule has 1 rings (SSSR count). The predicted octanol–water partition coefficient (Wildman–Crippen LogP) is 1.67. The standard InChI is InChI=1S/C12H24N2O/c1-9(7-11-5-3-4-6-11)12(15)14-10(2)8-13/h9-11H,3-8,13H2,1-2H3,(H,14,15)/t9?,10-/m0/s1. The molecule has 1 amide bonds. The number of carbonyl (C=O) groups excluding carboxylic acids is 1. The van der Waals surface area contributed by atoms with Crippen molar-refractivity contribution in [3.63, 3.8) is 0 Å². The molecule has 0 heterocycles. The average molecular weight is 212 g/mol. The molecule has 0 aliphatic heterocycles. The minimum atomic E-state index is 0.100. The van der Waals surface area contributed by atoms with Gasteiger partial charge < -0.3 is 11.1 Å². The summed E-state index contributed by atoms with van der Waals surface area (Å²) < 4.78 is 0. The molecule has 0 aromatic rings. The fourth-order valence-electron chi connectivity index (χ4n) is 2.30. The van der Waals surface area contributed by atoms with E-state index in [1.165, 1.54) is 25.7 Å². The Hall–Kier alpha value is -0.570. The zero-order valence-corrected chi connectivity index (χ0v) is 9.96. The number of carbonyl (C=O) groups is 1. The average Bonchev–Trinajstić information content (AvgIpc) is 2.70. The van der Waals surface area contributed by atoms with Crippen LogP contribution in [0.15, 0.2) is 0 Å². The minimum absolute atomic E-state index is 0.100. The number of nitrogens with two attached hydrogens (primary N) is 1. The Kier molecular flexibility index (Phi) is 5.09. The largest absolute Gasteiger partial charge is 0.352 e. The summed E-state index contributed by atoms with van der Waals surface area (Å²) >= 11 is 0. The molecule has 15 heavy (non-hydrogen) atoms. The lowest BCUT2D eigenvalue weighted by atomic mass is 9.94. The fraction of sp³-hybridized carbons (Fsp3) is 0.917. The third kappa shape index (κ3) is 4.20. The van der Waals surface area contributed by atoms with Gasteiger partial charge in [0, 0.05) is 18.5 Å². The highest BCUT2D eigenvalue weighted by atomic mass is 16.1. The molecule has 0 saturated heterocycles. The van der Waals surface area contributed by atoms with Gasteiger partial charge in [0.05, 0.1) is 0 Å². The van der Waals surface area contributed by atoms with Gasteiger partial charge in [-0.1, -0.05) is 32.6 Å². The molecule has 3 nitrogen and oxygen atoms in total. The number of rotatable bonds is 5. The van der Waals surface area contributed by atoms with Gasteiger partial charge in [0.15, 0.2) is 0 Å². The molecule has 0 aromatic heterocycles. The maximum absolute atomic E-state index is 11.7. The second-order valence-corrected chi connectivity index (χ2v) is 4.93. The van der Waals surface area contributed by atoms with Crippen LogP contribution in [0.25, 0.3) is 0 Å². The highest BCUT2D eigenvalue weighted by Crippen LogP contribution is 2.30. The molecule has 0 aromatic carbocycles. The van der Waals surface area contributed by atoms with Crippen LogP contribution in [0.2, 0.25) is 0 Å². The molecule has 0 radical (unpaired) electrons. The van der Waals surface area contributed by atoms with Crippen molar-refractivity contribution < 1.29 is 4.79 Å². The molecule has 1 aliphatic carbocycles. The number of hydrogen-bond acceptors (Lipinski definition) is 2. The van der Waals surface area contributed by atoms with Gasteiger partial charge in [0.1, 0.15) is 0 Å². The minimum Gasteiger partial charge on any atom is -0.352 e. The Morgan fingerprint density at radius 1 is 1.40 bits per heavy atom. The zero-order valence-electron chi connectivity index (χ0n) is 9.96. The van der Waals surface area contributed by atoms with E-state index in [9.17, 15) is 4.79 Å². The van der Waals surface area contributed by atoms with Crippen LogP contribution in [0, 0.1) is 11.8 Å². The molecule has 3 heteroatoms. The van der Waals surface area contributed by atoms with E-state index in [0.29, 0.717) is 6.54 Å². The fourth-order valence-corrected chi connectivity index (χ4v) is 2.30. The number of nitrogens with one attached hydrogen (secondary N) is 1. The summed E-state index contributed by atoms with van der Waals surface area (Å²) in [5.74, 6) is 1.08. The Bertz CT molecular complexity index is 200. The monoisotopic (exact) mass is 212 g/mol. The van der Waals surface area contributed by atoms with Gasteiger partial charge in [0.2, 0.25) is 5.91 Å². The van der Waals surface area contributed by atoms with Crippen molar-refractivity contribution in [2.45, 2.75) is 52.0 Å². The van der Waals surface area contributed by atoms with Crippen molar-refractivity contribution in [3.05, 3.63) is 0 Å². The van der Waals surface area contributed by atoms with Gasteiger partial charge in [-0.25, -0.2) is 0 Å². The smallest absolute Gasteiger partial charge is 0.223 e. The third-order valence-electron chi connectivity index (χ3n) is 3.35. The van der Waals surface area contributed by atoms with Crippen LogP contribution in [-0.4, -0.2) is 18.5 Å². The lowest BCUT2D eigenvalue weighted by Gasteiger charge is -2.18. The first-order chi connectivity index (χ1) is 7.13. The second-order valence-electron chi connectivity index (χ2n) is 4.93. The van der Waals surface area contributed by atoms with E-state index in [1.54, 1.807) is 0 Å². The molecule has 2 atom stereocenters. The van der Waals surface area contributed by atoms with Crippen LogP contribution in [0.3, 0.4) is 0 Å². The van der Waals surface area contributed by atoms with Crippen molar-refractivity contribution in [1.29, 1.82) is 0 Å². The topological polar surface area (TPSA) is 55.1 Å². The summed E-state index contributed by atoms with van der Waals surface area (Å²) in [5, 5.41) is 2.94. The molecule has 3 N–H and O–H groups in total. The lowest BCUT2D eigenvalue weighted by Crippen LogP contribution is -2.40. The summed E-state index contributed by atoms with van der Waals surface area (Å²) in [6.45, 7) is 4.49. The molecule has 0 spiro atoms. The molecule has 1 fully saturated rings. The SMILES string of the molecule is CC(CC1CCCC1)C(=O)N[C@@H](C)CN. The first kappa shape index (κ1) is 12.5.